The average Bonchev–Trinajstić information content (AvgIpc) is 2.71. The third kappa shape index (κ3) is 5.50. The van der Waals surface area contributed by atoms with Gasteiger partial charge in [-0.15, -0.1) is 0 Å². The summed E-state index contributed by atoms with van der Waals surface area (Å²) in [4.78, 5) is 14.0. The van der Waals surface area contributed by atoms with E-state index < -0.39 is 23.5 Å². The van der Waals surface area contributed by atoms with Crippen LogP contribution in [0.15, 0.2) is 48.5 Å². The van der Waals surface area contributed by atoms with Crippen LogP contribution in [0.1, 0.15) is 32.4 Å². The minimum atomic E-state index is -0.832. The number of rotatable bonds is 7. The Hall–Kier alpha value is -2.28. The fourth-order valence-corrected chi connectivity index (χ4v) is 4.35. The first-order chi connectivity index (χ1) is 14.7. The third-order valence-corrected chi connectivity index (χ3v) is 5.70. The van der Waals surface area contributed by atoms with E-state index in [1.165, 1.54) is 0 Å². The van der Waals surface area contributed by atoms with Crippen molar-refractivity contribution in [3.05, 3.63) is 59.1 Å². The molecule has 1 fully saturated rings. The SMILES string of the molecule is COc1c(Cl)cccc1OC(c1ccccc1)C1CN(C(C(=O)O)C(C)(C)C)CCO1. The molecular weight excluding hydrogens is 418 g/mol. The number of halogens is 1. The first kappa shape index (κ1) is 23.4. The summed E-state index contributed by atoms with van der Waals surface area (Å²) in [5.74, 6) is 0.132. The molecular formula is C24H30ClNO5. The van der Waals surface area contributed by atoms with Gasteiger partial charge in [-0.05, 0) is 23.1 Å². The van der Waals surface area contributed by atoms with Gasteiger partial charge in [-0.1, -0.05) is 68.8 Å². The molecule has 168 valence electrons. The zero-order valence-corrected chi connectivity index (χ0v) is 19.1. The van der Waals surface area contributed by atoms with Crippen LogP contribution in [0, 0.1) is 5.41 Å². The lowest BCUT2D eigenvalue weighted by Crippen LogP contribution is -2.56. The van der Waals surface area contributed by atoms with E-state index >= 15 is 0 Å². The minimum Gasteiger partial charge on any atom is -0.491 e. The number of hydrogen-bond donors (Lipinski definition) is 1. The van der Waals surface area contributed by atoms with Gasteiger partial charge in [0, 0.05) is 13.1 Å². The van der Waals surface area contributed by atoms with Crippen LogP contribution in [0.25, 0.3) is 0 Å². The number of carboxylic acid groups (broad SMARTS) is 1. The number of methoxy groups -OCH3 is 1. The Morgan fingerprint density at radius 3 is 2.52 bits per heavy atom. The topological polar surface area (TPSA) is 68.2 Å². The molecule has 1 aliphatic rings. The van der Waals surface area contributed by atoms with E-state index in [-0.39, 0.29) is 6.10 Å². The molecule has 0 radical (unpaired) electrons. The van der Waals surface area contributed by atoms with Crippen molar-refractivity contribution in [1.82, 2.24) is 4.90 Å². The molecule has 0 aliphatic carbocycles. The van der Waals surface area contributed by atoms with E-state index in [1.807, 2.05) is 56.0 Å². The quantitative estimate of drug-likeness (QED) is 0.665. The van der Waals surface area contributed by atoms with E-state index in [0.29, 0.717) is 36.2 Å². The normalized spacial score (nSPS) is 19.5. The van der Waals surface area contributed by atoms with Gasteiger partial charge in [-0.25, -0.2) is 0 Å². The van der Waals surface area contributed by atoms with E-state index in [4.69, 9.17) is 25.8 Å². The highest BCUT2D eigenvalue weighted by Crippen LogP contribution is 2.39. The van der Waals surface area contributed by atoms with Crippen molar-refractivity contribution in [3.8, 4) is 11.5 Å². The van der Waals surface area contributed by atoms with Crippen LogP contribution in [0.5, 0.6) is 11.5 Å². The summed E-state index contributed by atoms with van der Waals surface area (Å²) in [5, 5.41) is 10.3. The number of hydrogen-bond acceptors (Lipinski definition) is 5. The van der Waals surface area contributed by atoms with Crippen LogP contribution in [0.3, 0.4) is 0 Å². The molecule has 2 aromatic rings. The standard InChI is InChI=1S/C24H30ClNO5/c1-24(2,3)22(23(27)28)26-13-14-30-19(15-26)20(16-9-6-5-7-10-16)31-18-12-8-11-17(25)21(18)29-4/h5-12,19-20,22H,13-15H2,1-4H3,(H,27,28). The maximum Gasteiger partial charge on any atom is 0.321 e. The van der Waals surface area contributed by atoms with Crippen LogP contribution < -0.4 is 9.47 Å². The predicted molar refractivity (Wildman–Crippen MR) is 120 cm³/mol. The minimum absolute atomic E-state index is 0.371. The van der Waals surface area contributed by atoms with Crippen molar-refractivity contribution >= 4 is 17.6 Å². The van der Waals surface area contributed by atoms with Crippen molar-refractivity contribution in [2.75, 3.05) is 26.8 Å². The van der Waals surface area contributed by atoms with Gasteiger partial charge in [0.1, 0.15) is 12.1 Å². The molecule has 0 bridgehead atoms. The van der Waals surface area contributed by atoms with Gasteiger partial charge in [0.05, 0.1) is 18.7 Å². The van der Waals surface area contributed by atoms with Crippen molar-refractivity contribution in [2.24, 2.45) is 5.41 Å². The number of carbonyl (C=O) groups is 1. The van der Waals surface area contributed by atoms with Gasteiger partial charge in [-0.3, -0.25) is 9.69 Å². The number of carboxylic acids is 1. The summed E-state index contributed by atoms with van der Waals surface area (Å²) in [5.41, 5.74) is 0.506. The molecule has 31 heavy (non-hydrogen) atoms. The lowest BCUT2D eigenvalue weighted by atomic mass is 9.85. The van der Waals surface area contributed by atoms with Crippen LogP contribution in [0.2, 0.25) is 5.02 Å². The molecule has 0 saturated carbocycles. The molecule has 0 spiro atoms. The van der Waals surface area contributed by atoms with E-state index in [9.17, 15) is 9.90 Å². The summed E-state index contributed by atoms with van der Waals surface area (Å²) in [6.45, 7) is 7.22. The molecule has 7 heteroatoms. The molecule has 3 rings (SSSR count). The van der Waals surface area contributed by atoms with Crippen LogP contribution in [0.4, 0.5) is 0 Å². The zero-order valence-electron chi connectivity index (χ0n) is 18.4. The Morgan fingerprint density at radius 2 is 1.90 bits per heavy atom. The van der Waals surface area contributed by atoms with Crippen molar-refractivity contribution in [2.45, 2.75) is 39.0 Å². The summed E-state index contributed by atoms with van der Waals surface area (Å²) in [6.07, 6.45) is -0.838. The van der Waals surface area contributed by atoms with Crippen molar-refractivity contribution < 1.29 is 24.1 Å². The van der Waals surface area contributed by atoms with E-state index in [2.05, 4.69) is 0 Å². The smallest absolute Gasteiger partial charge is 0.321 e. The molecule has 1 N–H and O–H groups in total. The van der Waals surface area contributed by atoms with Gasteiger partial charge in [0.25, 0.3) is 0 Å². The van der Waals surface area contributed by atoms with Gasteiger partial charge in [0.2, 0.25) is 0 Å². The van der Waals surface area contributed by atoms with Crippen LogP contribution in [-0.4, -0.2) is 54.9 Å². The summed E-state index contributed by atoms with van der Waals surface area (Å²) in [6, 6.07) is 14.5. The molecule has 0 amide bonds. The maximum atomic E-state index is 12.1. The lowest BCUT2D eigenvalue weighted by Gasteiger charge is -2.43. The number of para-hydroxylation sites is 1. The largest absolute Gasteiger partial charge is 0.491 e. The molecule has 6 nitrogen and oxygen atoms in total. The first-order valence-corrected chi connectivity index (χ1v) is 10.7. The van der Waals surface area contributed by atoms with Crippen molar-refractivity contribution in [1.29, 1.82) is 0 Å². The highest BCUT2D eigenvalue weighted by Gasteiger charge is 2.41. The average molecular weight is 448 g/mol. The monoisotopic (exact) mass is 447 g/mol. The highest BCUT2D eigenvalue weighted by molar-refractivity contribution is 6.32. The Morgan fingerprint density at radius 1 is 1.19 bits per heavy atom. The molecule has 3 atom stereocenters. The second-order valence-electron chi connectivity index (χ2n) is 8.73. The number of morpholine rings is 1. The Labute approximate surface area is 188 Å². The van der Waals surface area contributed by atoms with Gasteiger partial charge in [-0.2, -0.15) is 0 Å². The second kappa shape index (κ2) is 9.90. The fourth-order valence-electron chi connectivity index (χ4n) is 4.11. The van der Waals surface area contributed by atoms with E-state index in [0.717, 1.165) is 5.56 Å². The molecule has 1 saturated heterocycles. The highest BCUT2D eigenvalue weighted by atomic mass is 35.5. The number of nitrogens with zero attached hydrogens (tertiary/aromatic N) is 1. The van der Waals surface area contributed by atoms with Crippen molar-refractivity contribution in [3.63, 3.8) is 0 Å². The number of ether oxygens (including phenoxy) is 3. The molecule has 2 aromatic carbocycles. The van der Waals surface area contributed by atoms with Gasteiger partial charge in [0.15, 0.2) is 17.6 Å². The predicted octanol–water partition coefficient (Wildman–Crippen LogP) is 4.67. The summed E-state index contributed by atoms with van der Waals surface area (Å²) >= 11 is 6.28. The molecule has 1 heterocycles. The Balaban J connectivity index is 1.93. The van der Waals surface area contributed by atoms with Gasteiger partial charge < -0.3 is 19.3 Å². The number of benzene rings is 2. The fraction of sp³-hybridized carbons (Fsp3) is 0.458. The maximum absolute atomic E-state index is 12.1. The van der Waals surface area contributed by atoms with Gasteiger partial charge >= 0.3 is 5.97 Å². The lowest BCUT2D eigenvalue weighted by molar-refractivity contribution is -0.155. The summed E-state index contributed by atoms with van der Waals surface area (Å²) < 4.78 is 18.0. The van der Waals surface area contributed by atoms with E-state index in [1.54, 1.807) is 25.3 Å². The Bertz CT molecular complexity index is 883. The second-order valence-corrected chi connectivity index (χ2v) is 9.14. The van der Waals surface area contributed by atoms with Crippen LogP contribution >= 0.6 is 11.6 Å². The molecule has 1 aliphatic heterocycles. The molecule has 3 unspecified atom stereocenters. The zero-order chi connectivity index (χ0) is 22.6. The molecule has 0 aromatic heterocycles. The third-order valence-electron chi connectivity index (χ3n) is 5.40. The first-order valence-electron chi connectivity index (χ1n) is 10.3. The van der Waals surface area contributed by atoms with Crippen LogP contribution in [-0.2, 0) is 9.53 Å². The number of aliphatic carboxylic acids is 1. The Kier molecular flexibility index (Phi) is 7.46. The summed E-state index contributed by atoms with van der Waals surface area (Å²) in [7, 11) is 1.55.